The van der Waals surface area contributed by atoms with Gasteiger partial charge in [-0.1, -0.05) is 28.1 Å². The molecule has 0 unspecified atom stereocenters. The number of amides is 1. The van der Waals surface area contributed by atoms with E-state index in [-0.39, 0.29) is 6.61 Å². The van der Waals surface area contributed by atoms with Crippen LogP contribution >= 0.6 is 15.9 Å². The van der Waals surface area contributed by atoms with Crippen LogP contribution in [0.1, 0.15) is 11.1 Å². The molecule has 0 spiro atoms. The normalized spacial score (nSPS) is 14.8. The van der Waals surface area contributed by atoms with E-state index in [0.29, 0.717) is 11.5 Å². The molecule has 24 heavy (non-hydrogen) atoms. The van der Waals surface area contributed by atoms with Gasteiger partial charge in [-0.25, -0.2) is 4.79 Å². The van der Waals surface area contributed by atoms with Crippen LogP contribution in [-0.2, 0) is 4.74 Å². The van der Waals surface area contributed by atoms with Gasteiger partial charge in [0, 0.05) is 17.1 Å². The fourth-order valence-electron chi connectivity index (χ4n) is 2.34. The first-order valence-corrected chi connectivity index (χ1v) is 7.95. The summed E-state index contributed by atoms with van der Waals surface area (Å²) in [5.74, 6) is 0.987. The molecule has 0 saturated carbocycles. The van der Waals surface area contributed by atoms with Crippen molar-refractivity contribution in [3.05, 3.63) is 58.1 Å². The van der Waals surface area contributed by atoms with Crippen LogP contribution < -0.4 is 9.64 Å². The van der Waals surface area contributed by atoms with Gasteiger partial charge in [-0.15, -0.1) is 0 Å². The number of anilines is 1. The van der Waals surface area contributed by atoms with E-state index in [4.69, 9.17) is 14.7 Å². The number of halogens is 1. The van der Waals surface area contributed by atoms with Crippen molar-refractivity contribution in [3.63, 3.8) is 0 Å². The Morgan fingerprint density at radius 1 is 1.29 bits per heavy atom. The molecule has 0 aliphatic carbocycles. The minimum absolute atomic E-state index is 0.0415. The van der Waals surface area contributed by atoms with Crippen LogP contribution in [0.2, 0.25) is 0 Å². The second-order valence-electron chi connectivity index (χ2n) is 5.11. The van der Waals surface area contributed by atoms with Gasteiger partial charge in [-0.2, -0.15) is 5.26 Å². The molecule has 0 atom stereocenters. The van der Waals surface area contributed by atoms with Crippen molar-refractivity contribution in [2.45, 2.75) is 0 Å². The predicted octanol–water partition coefficient (Wildman–Crippen LogP) is 4.44. The van der Waals surface area contributed by atoms with E-state index in [0.717, 1.165) is 21.3 Å². The number of cyclic esters (lactones) is 1. The lowest BCUT2D eigenvalue weighted by molar-refractivity contribution is 0.199. The maximum absolute atomic E-state index is 12.0. The number of rotatable bonds is 3. The standard InChI is InChI=1S/C18H13BrN2O3/c1-21-16-7-6-14(23-9-8-20)11-15(16)17(24-18(21)22)10-12-2-4-13(19)5-3-12/h2-7,10-11H,9H2,1H3/b17-10-. The summed E-state index contributed by atoms with van der Waals surface area (Å²) in [5, 5.41) is 8.64. The average Bonchev–Trinajstić information content (AvgIpc) is 2.59. The largest absolute Gasteiger partial charge is 0.479 e. The van der Waals surface area contributed by atoms with Crippen molar-refractivity contribution in [2.24, 2.45) is 0 Å². The van der Waals surface area contributed by atoms with Crippen molar-refractivity contribution in [2.75, 3.05) is 18.6 Å². The molecule has 0 saturated heterocycles. The molecule has 120 valence electrons. The molecule has 0 bridgehead atoms. The Bertz CT molecular complexity index is 854. The van der Waals surface area contributed by atoms with E-state index >= 15 is 0 Å². The van der Waals surface area contributed by atoms with Gasteiger partial charge < -0.3 is 9.47 Å². The third-order valence-electron chi connectivity index (χ3n) is 3.54. The zero-order valence-electron chi connectivity index (χ0n) is 12.8. The Kier molecular flexibility index (Phi) is 4.54. The lowest BCUT2D eigenvalue weighted by atomic mass is 10.1. The van der Waals surface area contributed by atoms with Gasteiger partial charge in [0.15, 0.2) is 6.61 Å². The number of carbonyl (C=O) groups excluding carboxylic acids is 1. The molecule has 1 aliphatic heterocycles. The number of fused-ring (bicyclic) bond motifs is 1. The number of hydrogen-bond acceptors (Lipinski definition) is 4. The maximum atomic E-state index is 12.0. The van der Waals surface area contributed by atoms with Gasteiger partial charge in [0.05, 0.1) is 5.69 Å². The zero-order chi connectivity index (χ0) is 17.1. The number of carbonyl (C=O) groups is 1. The number of ether oxygens (including phenoxy) is 2. The number of nitrogens with zero attached hydrogens (tertiary/aromatic N) is 2. The molecular formula is C18H13BrN2O3. The van der Waals surface area contributed by atoms with Crippen LogP contribution in [0, 0.1) is 11.3 Å². The summed E-state index contributed by atoms with van der Waals surface area (Å²) in [6, 6.07) is 14.9. The van der Waals surface area contributed by atoms with E-state index in [9.17, 15) is 4.79 Å². The second-order valence-corrected chi connectivity index (χ2v) is 6.03. The lowest BCUT2D eigenvalue weighted by Gasteiger charge is -2.27. The third-order valence-corrected chi connectivity index (χ3v) is 4.07. The third kappa shape index (κ3) is 3.26. The van der Waals surface area contributed by atoms with Gasteiger partial charge in [-0.3, -0.25) is 4.90 Å². The molecule has 2 aromatic carbocycles. The van der Waals surface area contributed by atoms with Gasteiger partial charge in [0.25, 0.3) is 0 Å². The highest BCUT2D eigenvalue weighted by atomic mass is 79.9. The number of benzene rings is 2. The molecule has 0 aromatic heterocycles. The molecule has 5 nitrogen and oxygen atoms in total. The quantitative estimate of drug-likeness (QED) is 0.784. The summed E-state index contributed by atoms with van der Waals surface area (Å²) in [6.07, 6.45) is 1.35. The molecule has 0 N–H and O–H groups in total. The predicted molar refractivity (Wildman–Crippen MR) is 94.4 cm³/mol. The zero-order valence-corrected chi connectivity index (χ0v) is 14.4. The Balaban J connectivity index is 2.05. The summed E-state index contributed by atoms with van der Waals surface area (Å²) in [4.78, 5) is 13.5. The molecule has 1 amide bonds. The molecular weight excluding hydrogens is 372 g/mol. The highest BCUT2D eigenvalue weighted by molar-refractivity contribution is 9.10. The smallest absolute Gasteiger partial charge is 0.419 e. The van der Waals surface area contributed by atoms with E-state index in [1.165, 1.54) is 4.90 Å². The summed E-state index contributed by atoms with van der Waals surface area (Å²) in [7, 11) is 1.65. The summed E-state index contributed by atoms with van der Waals surface area (Å²) in [5.41, 5.74) is 2.36. The summed E-state index contributed by atoms with van der Waals surface area (Å²) in [6.45, 7) is -0.0415. The monoisotopic (exact) mass is 384 g/mol. The topological polar surface area (TPSA) is 62.6 Å². The van der Waals surface area contributed by atoms with Crippen molar-refractivity contribution < 1.29 is 14.3 Å². The first-order chi connectivity index (χ1) is 11.6. The first-order valence-electron chi connectivity index (χ1n) is 7.15. The summed E-state index contributed by atoms with van der Waals surface area (Å²) < 4.78 is 11.7. The molecule has 2 aromatic rings. The fraction of sp³-hybridized carbons (Fsp3) is 0.111. The van der Waals surface area contributed by atoms with Crippen molar-refractivity contribution in [1.82, 2.24) is 0 Å². The van der Waals surface area contributed by atoms with Crippen molar-refractivity contribution >= 4 is 39.5 Å². The van der Waals surface area contributed by atoms with Crippen molar-refractivity contribution in [3.8, 4) is 11.8 Å². The number of nitriles is 1. The average molecular weight is 385 g/mol. The molecule has 0 radical (unpaired) electrons. The van der Waals surface area contributed by atoms with Gasteiger partial charge in [0.2, 0.25) is 0 Å². The lowest BCUT2D eigenvalue weighted by Crippen LogP contribution is -2.31. The molecule has 0 fully saturated rings. The first kappa shape index (κ1) is 16.1. The highest BCUT2D eigenvalue weighted by Gasteiger charge is 2.27. The van der Waals surface area contributed by atoms with Gasteiger partial charge >= 0.3 is 6.09 Å². The minimum Gasteiger partial charge on any atom is -0.479 e. The molecule has 3 rings (SSSR count). The molecule has 6 heteroatoms. The van der Waals surface area contributed by atoms with Crippen molar-refractivity contribution in [1.29, 1.82) is 5.26 Å². The fourth-order valence-corrected chi connectivity index (χ4v) is 2.61. The van der Waals surface area contributed by atoms with Crippen LogP contribution in [0.15, 0.2) is 46.9 Å². The molecule has 1 aliphatic rings. The Hall–Kier alpha value is -2.78. The van der Waals surface area contributed by atoms with Gasteiger partial charge in [-0.05, 0) is 42.0 Å². The summed E-state index contributed by atoms with van der Waals surface area (Å²) >= 11 is 3.39. The SMILES string of the molecule is CN1C(=O)O/C(=C\c2ccc(Br)cc2)c2cc(OCC#N)ccc21. The Morgan fingerprint density at radius 2 is 2.04 bits per heavy atom. The highest BCUT2D eigenvalue weighted by Crippen LogP contribution is 2.36. The molecule has 1 heterocycles. The number of hydrogen-bond donors (Lipinski definition) is 0. The Labute approximate surface area is 147 Å². The van der Waals surface area contributed by atoms with E-state index in [1.54, 1.807) is 31.3 Å². The van der Waals surface area contributed by atoms with E-state index in [2.05, 4.69) is 15.9 Å². The second kappa shape index (κ2) is 6.77. The van der Waals surface area contributed by atoms with Crippen LogP contribution in [0.3, 0.4) is 0 Å². The van der Waals surface area contributed by atoms with Gasteiger partial charge in [0.1, 0.15) is 17.6 Å². The Morgan fingerprint density at radius 3 is 2.75 bits per heavy atom. The van der Waals surface area contributed by atoms with E-state index < -0.39 is 6.09 Å². The maximum Gasteiger partial charge on any atom is 0.419 e. The van der Waals surface area contributed by atoms with Crippen LogP contribution in [0.5, 0.6) is 5.75 Å². The van der Waals surface area contributed by atoms with Crippen LogP contribution in [-0.4, -0.2) is 19.7 Å². The van der Waals surface area contributed by atoms with E-state index in [1.807, 2.05) is 30.3 Å². The van der Waals surface area contributed by atoms with Crippen LogP contribution in [0.4, 0.5) is 10.5 Å². The van der Waals surface area contributed by atoms with Crippen LogP contribution in [0.25, 0.3) is 11.8 Å². The minimum atomic E-state index is -0.448.